The maximum absolute atomic E-state index is 10.6. The van der Waals surface area contributed by atoms with Crippen LogP contribution in [0.2, 0.25) is 0 Å². The lowest BCUT2D eigenvalue weighted by molar-refractivity contribution is -0.113. The van der Waals surface area contributed by atoms with Gasteiger partial charge in [-0.05, 0) is 20.3 Å². The number of hydrogen-bond acceptors (Lipinski definition) is 3. The SMILES string of the molecule is C/C=C\C[C@@H](C=O)C(C)OC(C)=N. The molecule has 0 rings (SSSR count). The number of aldehydes is 1. The van der Waals surface area contributed by atoms with Gasteiger partial charge in [-0.25, -0.2) is 0 Å². The maximum atomic E-state index is 10.6. The zero-order valence-corrected chi connectivity index (χ0v) is 8.41. The van der Waals surface area contributed by atoms with Crippen molar-refractivity contribution in [3.05, 3.63) is 12.2 Å². The average molecular weight is 183 g/mol. The van der Waals surface area contributed by atoms with E-state index in [1.54, 1.807) is 13.8 Å². The van der Waals surface area contributed by atoms with Gasteiger partial charge in [0.15, 0.2) is 5.90 Å². The summed E-state index contributed by atoms with van der Waals surface area (Å²) in [5, 5.41) is 7.11. The lowest BCUT2D eigenvalue weighted by Crippen LogP contribution is -2.23. The van der Waals surface area contributed by atoms with Gasteiger partial charge in [-0.15, -0.1) is 0 Å². The van der Waals surface area contributed by atoms with Gasteiger partial charge in [-0.3, -0.25) is 5.41 Å². The van der Waals surface area contributed by atoms with Crippen LogP contribution in [0.25, 0.3) is 0 Å². The van der Waals surface area contributed by atoms with Crippen molar-refractivity contribution >= 4 is 12.2 Å². The molecule has 0 amide bonds. The Labute approximate surface area is 79.3 Å². The van der Waals surface area contributed by atoms with Crippen molar-refractivity contribution in [2.45, 2.75) is 33.3 Å². The van der Waals surface area contributed by atoms with E-state index in [1.807, 2.05) is 19.1 Å². The number of hydrogen-bond donors (Lipinski definition) is 1. The second kappa shape index (κ2) is 6.40. The first-order chi connectivity index (χ1) is 6.11. The third-order valence-electron chi connectivity index (χ3n) is 1.78. The van der Waals surface area contributed by atoms with Gasteiger partial charge < -0.3 is 9.53 Å². The van der Waals surface area contributed by atoms with Crippen LogP contribution in [-0.4, -0.2) is 18.3 Å². The lowest BCUT2D eigenvalue weighted by atomic mass is 10.0. The van der Waals surface area contributed by atoms with Crippen LogP contribution >= 0.6 is 0 Å². The van der Waals surface area contributed by atoms with Crippen molar-refractivity contribution in [1.29, 1.82) is 5.41 Å². The Kier molecular flexibility index (Phi) is 5.85. The van der Waals surface area contributed by atoms with E-state index in [0.29, 0.717) is 6.42 Å². The zero-order chi connectivity index (χ0) is 10.3. The van der Waals surface area contributed by atoms with E-state index >= 15 is 0 Å². The van der Waals surface area contributed by atoms with Gasteiger partial charge in [-0.2, -0.15) is 0 Å². The average Bonchev–Trinajstić information content (AvgIpc) is 2.04. The molecule has 0 bridgehead atoms. The first-order valence-corrected chi connectivity index (χ1v) is 4.40. The third kappa shape index (κ3) is 5.17. The third-order valence-corrected chi connectivity index (χ3v) is 1.78. The van der Waals surface area contributed by atoms with Crippen LogP contribution in [0, 0.1) is 11.3 Å². The van der Waals surface area contributed by atoms with Crippen LogP contribution in [0.1, 0.15) is 27.2 Å². The van der Waals surface area contributed by atoms with E-state index in [1.165, 1.54) is 0 Å². The summed E-state index contributed by atoms with van der Waals surface area (Å²) in [6, 6.07) is 0. The van der Waals surface area contributed by atoms with E-state index in [0.717, 1.165) is 6.29 Å². The smallest absolute Gasteiger partial charge is 0.177 e. The highest BCUT2D eigenvalue weighted by atomic mass is 16.5. The van der Waals surface area contributed by atoms with Crippen LogP contribution in [0.15, 0.2) is 12.2 Å². The molecule has 3 nitrogen and oxygen atoms in total. The minimum atomic E-state index is -0.216. The molecule has 0 aliphatic carbocycles. The summed E-state index contributed by atoms with van der Waals surface area (Å²) in [4.78, 5) is 10.6. The summed E-state index contributed by atoms with van der Waals surface area (Å²) >= 11 is 0. The molecule has 13 heavy (non-hydrogen) atoms. The Morgan fingerprint density at radius 1 is 1.62 bits per heavy atom. The summed E-state index contributed by atoms with van der Waals surface area (Å²) < 4.78 is 5.12. The highest BCUT2D eigenvalue weighted by Gasteiger charge is 2.16. The number of nitrogens with one attached hydrogen (secondary N) is 1. The predicted molar refractivity (Wildman–Crippen MR) is 52.9 cm³/mol. The van der Waals surface area contributed by atoms with E-state index in [2.05, 4.69) is 0 Å². The van der Waals surface area contributed by atoms with Crippen LogP contribution in [-0.2, 0) is 9.53 Å². The molecule has 0 saturated carbocycles. The number of rotatable bonds is 5. The largest absolute Gasteiger partial charge is 0.478 e. The fourth-order valence-electron chi connectivity index (χ4n) is 1.02. The van der Waals surface area contributed by atoms with Gasteiger partial charge in [0.2, 0.25) is 0 Å². The Morgan fingerprint density at radius 3 is 2.62 bits per heavy atom. The summed E-state index contributed by atoms with van der Waals surface area (Å²) in [6.45, 7) is 5.28. The molecule has 0 aromatic heterocycles. The second-order valence-electron chi connectivity index (χ2n) is 2.98. The minimum Gasteiger partial charge on any atom is -0.478 e. The monoisotopic (exact) mass is 183 g/mol. The first kappa shape index (κ1) is 11.9. The number of carbonyl (C=O) groups excluding carboxylic acids is 1. The summed E-state index contributed by atoms with van der Waals surface area (Å²) in [6.07, 6.45) is 5.17. The Morgan fingerprint density at radius 2 is 2.23 bits per heavy atom. The standard InChI is InChI=1S/C10H17NO2/c1-4-5-6-10(7-12)8(2)13-9(3)11/h4-5,7-8,10-11H,6H2,1-3H3/b5-4-,11-9?/t8?,10-/m0/s1. The number of carbonyl (C=O) groups is 1. The van der Waals surface area contributed by atoms with E-state index in [9.17, 15) is 4.79 Å². The fraction of sp³-hybridized carbons (Fsp3) is 0.600. The Bertz CT molecular complexity index is 199. The molecule has 74 valence electrons. The maximum Gasteiger partial charge on any atom is 0.177 e. The molecular weight excluding hydrogens is 166 g/mol. The molecule has 0 spiro atoms. The molecule has 0 aromatic rings. The van der Waals surface area contributed by atoms with Crippen molar-refractivity contribution in [3.63, 3.8) is 0 Å². The van der Waals surface area contributed by atoms with Gasteiger partial charge in [0.25, 0.3) is 0 Å². The van der Waals surface area contributed by atoms with E-state index < -0.39 is 0 Å². The lowest BCUT2D eigenvalue weighted by Gasteiger charge is -2.18. The Hall–Kier alpha value is -1.12. The van der Waals surface area contributed by atoms with E-state index in [4.69, 9.17) is 10.1 Å². The van der Waals surface area contributed by atoms with Gasteiger partial charge in [0, 0.05) is 6.92 Å². The second-order valence-corrected chi connectivity index (χ2v) is 2.98. The topological polar surface area (TPSA) is 50.2 Å². The van der Waals surface area contributed by atoms with Crippen LogP contribution in [0.3, 0.4) is 0 Å². The summed E-state index contributed by atoms with van der Waals surface area (Å²) in [5.41, 5.74) is 0. The number of ether oxygens (including phenoxy) is 1. The van der Waals surface area contributed by atoms with Gasteiger partial charge in [0.1, 0.15) is 12.4 Å². The van der Waals surface area contributed by atoms with Crippen molar-refractivity contribution in [3.8, 4) is 0 Å². The molecular formula is C10H17NO2. The summed E-state index contributed by atoms with van der Waals surface area (Å²) in [5.74, 6) is -0.00340. The molecule has 1 unspecified atom stereocenters. The molecule has 0 aliphatic heterocycles. The van der Waals surface area contributed by atoms with Gasteiger partial charge in [-0.1, -0.05) is 12.2 Å². The van der Waals surface area contributed by atoms with Crippen molar-refractivity contribution < 1.29 is 9.53 Å². The first-order valence-electron chi connectivity index (χ1n) is 4.40. The highest BCUT2D eigenvalue weighted by Crippen LogP contribution is 2.10. The molecule has 0 aromatic carbocycles. The fourth-order valence-corrected chi connectivity index (χ4v) is 1.02. The molecule has 0 heterocycles. The molecule has 0 fully saturated rings. The molecule has 3 heteroatoms. The molecule has 2 atom stereocenters. The van der Waals surface area contributed by atoms with Crippen molar-refractivity contribution in [2.75, 3.05) is 0 Å². The molecule has 1 N–H and O–H groups in total. The van der Waals surface area contributed by atoms with Crippen molar-refractivity contribution in [1.82, 2.24) is 0 Å². The quantitative estimate of drug-likeness (QED) is 0.307. The molecule has 0 aliphatic rings. The minimum absolute atomic E-state index is 0.153. The molecule has 0 saturated heterocycles. The van der Waals surface area contributed by atoms with Crippen LogP contribution in [0.5, 0.6) is 0 Å². The normalized spacial score (nSPS) is 15.3. The van der Waals surface area contributed by atoms with Crippen LogP contribution in [0.4, 0.5) is 0 Å². The number of allylic oxidation sites excluding steroid dienone is 2. The predicted octanol–water partition coefficient (Wildman–Crippen LogP) is 2.17. The molecule has 0 radical (unpaired) electrons. The van der Waals surface area contributed by atoms with Crippen LogP contribution < -0.4 is 0 Å². The van der Waals surface area contributed by atoms with Gasteiger partial charge >= 0.3 is 0 Å². The summed E-state index contributed by atoms with van der Waals surface area (Å²) in [7, 11) is 0. The van der Waals surface area contributed by atoms with Gasteiger partial charge in [0.05, 0.1) is 5.92 Å². The van der Waals surface area contributed by atoms with Crippen molar-refractivity contribution in [2.24, 2.45) is 5.92 Å². The zero-order valence-electron chi connectivity index (χ0n) is 8.41. The highest BCUT2D eigenvalue weighted by molar-refractivity contribution is 5.70. The van der Waals surface area contributed by atoms with E-state index in [-0.39, 0.29) is 17.9 Å². The Balaban J connectivity index is 4.05.